The van der Waals surface area contributed by atoms with Gasteiger partial charge in [0.15, 0.2) is 6.29 Å². The fourth-order valence-electron chi connectivity index (χ4n) is 1.19. The summed E-state index contributed by atoms with van der Waals surface area (Å²) in [5.74, 6) is -1.03. The third-order valence-electron chi connectivity index (χ3n) is 1.84. The number of carbonyl (C=O) groups is 1. The van der Waals surface area contributed by atoms with Gasteiger partial charge >= 0.3 is 6.36 Å². The van der Waals surface area contributed by atoms with Crippen molar-refractivity contribution in [1.82, 2.24) is 4.98 Å². The number of halogens is 6. The van der Waals surface area contributed by atoms with Gasteiger partial charge in [0.2, 0.25) is 5.88 Å². The van der Waals surface area contributed by atoms with E-state index in [9.17, 15) is 26.7 Å². The number of alkyl halides is 6. The normalized spacial score (nSPS) is 11.7. The van der Waals surface area contributed by atoms with Crippen molar-refractivity contribution in [2.45, 2.75) is 18.1 Å². The second-order valence-electron chi connectivity index (χ2n) is 3.02. The van der Waals surface area contributed by atoms with Crippen LogP contribution in [-0.4, -0.2) is 17.6 Å². The third kappa shape index (κ3) is 3.62. The molecule has 0 fully saturated rings. The Morgan fingerprint density at radius 2 is 2.06 bits per heavy atom. The SMILES string of the molecule is O=Cc1c(CBr)cc(OC(F)(F)F)nc1C(F)F. The van der Waals surface area contributed by atoms with Crippen LogP contribution in [0.1, 0.15) is 28.0 Å². The Morgan fingerprint density at radius 1 is 1.44 bits per heavy atom. The zero-order valence-electron chi connectivity index (χ0n) is 8.47. The molecule has 0 amide bonds. The average Bonchev–Trinajstić information content (AvgIpc) is 2.25. The highest BCUT2D eigenvalue weighted by Crippen LogP contribution is 2.29. The summed E-state index contributed by atoms with van der Waals surface area (Å²) in [4.78, 5) is 13.6. The molecule has 1 aromatic heterocycles. The van der Waals surface area contributed by atoms with E-state index in [2.05, 4.69) is 25.7 Å². The number of ether oxygens (including phenoxy) is 1. The fourth-order valence-corrected chi connectivity index (χ4v) is 1.65. The van der Waals surface area contributed by atoms with Gasteiger partial charge in [0.1, 0.15) is 5.69 Å². The van der Waals surface area contributed by atoms with E-state index in [-0.39, 0.29) is 17.2 Å². The number of nitrogens with zero attached hydrogens (tertiary/aromatic N) is 1. The summed E-state index contributed by atoms with van der Waals surface area (Å²) in [6.07, 6.45) is -8.11. The van der Waals surface area contributed by atoms with Crippen molar-refractivity contribution in [2.75, 3.05) is 0 Å². The molecular formula is C9H5BrF5NO2. The molecular weight excluding hydrogens is 329 g/mol. The van der Waals surface area contributed by atoms with Crippen molar-refractivity contribution in [1.29, 1.82) is 0 Å². The minimum Gasteiger partial charge on any atom is -0.388 e. The minimum absolute atomic E-state index is 0.0606. The van der Waals surface area contributed by atoms with Gasteiger partial charge in [0.25, 0.3) is 6.43 Å². The smallest absolute Gasteiger partial charge is 0.388 e. The molecule has 0 aromatic carbocycles. The molecule has 3 nitrogen and oxygen atoms in total. The quantitative estimate of drug-likeness (QED) is 0.480. The third-order valence-corrected chi connectivity index (χ3v) is 2.44. The molecule has 0 aliphatic carbocycles. The van der Waals surface area contributed by atoms with Crippen molar-refractivity contribution in [2.24, 2.45) is 0 Å². The van der Waals surface area contributed by atoms with Gasteiger partial charge in [-0.05, 0) is 5.56 Å². The number of aldehydes is 1. The lowest BCUT2D eigenvalue weighted by atomic mass is 10.1. The maximum absolute atomic E-state index is 12.6. The molecule has 1 heterocycles. The number of aromatic nitrogens is 1. The molecule has 18 heavy (non-hydrogen) atoms. The molecule has 9 heteroatoms. The van der Waals surface area contributed by atoms with Crippen LogP contribution < -0.4 is 4.74 Å². The molecule has 0 saturated heterocycles. The van der Waals surface area contributed by atoms with Gasteiger partial charge < -0.3 is 4.74 Å². The molecule has 1 rings (SSSR count). The Kier molecular flexibility index (Phi) is 4.60. The van der Waals surface area contributed by atoms with Crippen molar-refractivity contribution in [3.8, 4) is 5.88 Å². The molecule has 0 atom stereocenters. The summed E-state index contributed by atoms with van der Waals surface area (Å²) in [6.45, 7) is 0. The van der Waals surface area contributed by atoms with Gasteiger partial charge in [-0.1, -0.05) is 15.9 Å². The summed E-state index contributed by atoms with van der Waals surface area (Å²) in [5.41, 5.74) is -1.55. The van der Waals surface area contributed by atoms with Crippen LogP contribution in [0.4, 0.5) is 22.0 Å². The first kappa shape index (κ1) is 14.8. The topological polar surface area (TPSA) is 39.2 Å². The first-order valence-corrected chi connectivity index (χ1v) is 5.49. The van der Waals surface area contributed by atoms with Crippen LogP contribution in [0.5, 0.6) is 5.88 Å². The zero-order chi connectivity index (χ0) is 13.9. The number of carbonyl (C=O) groups excluding carboxylic acids is 1. The Labute approximate surface area is 106 Å². The van der Waals surface area contributed by atoms with Crippen LogP contribution in [0.2, 0.25) is 0 Å². The van der Waals surface area contributed by atoms with E-state index >= 15 is 0 Å². The van der Waals surface area contributed by atoms with E-state index < -0.39 is 29.9 Å². The van der Waals surface area contributed by atoms with E-state index in [1.807, 2.05) is 0 Å². The van der Waals surface area contributed by atoms with Crippen molar-refractivity contribution < 1.29 is 31.5 Å². The molecule has 0 N–H and O–H groups in total. The van der Waals surface area contributed by atoms with E-state index in [1.54, 1.807) is 0 Å². The van der Waals surface area contributed by atoms with Gasteiger partial charge in [-0.3, -0.25) is 4.79 Å². The van der Waals surface area contributed by atoms with Crippen LogP contribution in [0, 0.1) is 0 Å². The van der Waals surface area contributed by atoms with Crippen molar-refractivity contribution in [3.63, 3.8) is 0 Å². The highest BCUT2D eigenvalue weighted by atomic mass is 79.9. The van der Waals surface area contributed by atoms with Gasteiger partial charge in [-0.25, -0.2) is 13.8 Å². The molecule has 0 aliphatic rings. The number of rotatable bonds is 4. The molecule has 0 unspecified atom stereocenters. The van der Waals surface area contributed by atoms with Crippen LogP contribution in [0.3, 0.4) is 0 Å². The molecule has 1 aromatic rings. The summed E-state index contributed by atoms with van der Waals surface area (Å²) in [5, 5.41) is -0.0858. The molecule has 0 bridgehead atoms. The highest BCUT2D eigenvalue weighted by molar-refractivity contribution is 9.08. The first-order valence-electron chi connectivity index (χ1n) is 4.37. The monoisotopic (exact) mass is 333 g/mol. The average molecular weight is 334 g/mol. The molecule has 0 aliphatic heterocycles. The summed E-state index contributed by atoms with van der Waals surface area (Å²) in [6, 6.07) is 0.776. The Balaban J connectivity index is 3.32. The lowest BCUT2D eigenvalue weighted by molar-refractivity contribution is -0.276. The zero-order valence-corrected chi connectivity index (χ0v) is 10.1. The molecule has 0 radical (unpaired) electrons. The summed E-state index contributed by atoms with van der Waals surface area (Å²) in [7, 11) is 0. The van der Waals surface area contributed by atoms with Gasteiger partial charge in [0, 0.05) is 17.0 Å². The number of pyridine rings is 1. The van der Waals surface area contributed by atoms with Crippen LogP contribution in [-0.2, 0) is 5.33 Å². The molecule has 100 valence electrons. The van der Waals surface area contributed by atoms with Crippen molar-refractivity contribution >= 4 is 22.2 Å². The van der Waals surface area contributed by atoms with E-state index in [4.69, 9.17) is 0 Å². The number of hydrogen-bond acceptors (Lipinski definition) is 3. The van der Waals surface area contributed by atoms with Crippen LogP contribution >= 0.6 is 15.9 Å². The van der Waals surface area contributed by atoms with Crippen LogP contribution in [0.15, 0.2) is 6.07 Å². The first-order chi connectivity index (χ1) is 8.28. The molecule has 0 spiro atoms. The van der Waals surface area contributed by atoms with Crippen molar-refractivity contribution in [3.05, 3.63) is 22.9 Å². The Bertz CT molecular complexity index is 449. The van der Waals surface area contributed by atoms with Crippen LogP contribution in [0.25, 0.3) is 0 Å². The predicted octanol–water partition coefficient (Wildman–Crippen LogP) is 3.63. The van der Waals surface area contributed by atoms with Gasteiger partial charge in [0.05, 0.1) is 0 Å². The largest absolute Gasteiger partial charge is 0.574 e. The Morgan fingerprint density at radius 3 is 2.44 bits per heavy atom. The van der Waals surface area contributed by atoms with E-state index in [0.717, 1.165) is 6.07 Å². The highest BCUT2D eigenvalue weighted by Gasteiger charge is 2.33. The van der Waals surface area contributed by atoms with Gasteiger partial charge in [-0.2, -0.15) is 0 Å². The minimum atomic E-state index is -5.04. The lowest BCUT2D eigenvalue weighted by Gasteiger charge is -2.12. The fraction of sp³-hybridized carbons (Fsp3) is 0.333. The maximum Gasteiger partial charge on any atom is 0.574 e. The molecule has 0 saturated carbocycles. The lowest BCUT2D eigenvalue weighted by Crippen LogP contribution is -2.19. The second-order valence-corrected chi connectivity index (χ2v) is 3.58. The maximum atomic E-state index is 12.6. The summed E-state index contributed by atoms with van der Waals surface area (Å²) >= 11 is 2.88. The standard InChI is InChI=1S/C9H5BrF5NO2/c10-2-4-1-6(18-9(13,14)15)16-7(8(11)12)5(4)3-17/h1,3,8H,2H2. The predicted molar refractivity (Wildman–Crippen MR) is 53.9 cm³/mol. The second kappa shape index (κ2) is 5.59. The van der Waals surface area contributed by atoms with E-state index in [0.29, 0.717) is 0 Å². The summed E-state index contributed by atoms with van der Waals surface area (Å²) < 4.78 is 64.5. The van der Waals surface area contributed by atoms with E-state index in [1.165, 1.54) is 0 Å². The Hall–Kier alpha value is -1.25. The number of hydrogen-bond donors (Lipinski definition) is 0. The van der Waals surface area contributed by atoms with Gasteiger partial charge in [-0.15, -0.1) is 13.2 Å².